The van der Waals surface area contributed by atoms with Crippen LogP contribution in [0.15, 0.2) is 30.3 Å². The second-order valence-electron chi connectivity index (χ2n) is 9.32. The van der Waals surface area contributed by atoms with Crippen LogP contribution in [0, 0.1) is 0 Å². The third-order valence-electron chi connectivity index (χ3n) is 6.71. The molecular formula is C25H26ClF5N4O4S. The maximum absolute atomic E-state index is 14.1. The third kappa shape index (κ3) is 7.28. The number of carbonyl (C=O) groups is 3. The van der Waals surface area contributed by atoms with Crippen LogP contribution in [0.2, 0.25) is 4.34 Å². The van der Waals surface area contributed by atoms with Crippen LogP contribution in [0.4, 0.5) is 33.3 Å². The van der Waals surface area contributed by atoms with Gasteiger partial charge in [-0.2, -0.15) is 13.2 Å². The van der Waals surface area contributed by atoms with Gasteiger partial charge >= 0.3 is 6.18 Å². The maximum Gasteiger partial charge on any atom is 0.418 e. The molecule has 0 unspecified atom stereocenters. The molecule has 2 aromatic rings. The highest BCUT2D eigenvalue weighted by Gasteiger charge is 2.39. The van der Waals surface area contributed by atoms with E-state index in [2.05, 4.69) is 10.6 Å². The van der Waals surface area contributed by atoms with Crippen molar-refractivity contribution in [3.8, 4) is 0 Å². The van der Waals surface area contributed by atoms with Crippen LogP contribution in [-0.4, -0.2) is 74.0 Å². The van der Waals surface area contributed by atoms with Crippen LogP contribution in [0.3, 0.4) is 0 Å². The number of carbonyl (C=O) groups excluding carboxylic acids is 3. The fourth-order valence-corrected chi connectivity index (χ4v) is 5.49. The van der Waals surface area contributed by atoms with Crippen molar-refractivity contribution in [2.45, 2.75) is 43.9 Å². The van der Waals surface area contributed by atoms with E-state index in [1.54, 1.807) is 0 Å². The zero-order valence-electron chi connectivity index (χ0n) is 21.0. The van der Waals surface area contributed by atoms with Gasteiger partial charge in [-0.1, -0.05) is 18.0 Å². The molecule has 0 bridgehead atoms. The van der Waals surface area contributed by atoms with E-state index in [0.29, 0.717) is 17.2 Å². The number of amides is 3. The predicted octanol–water partition coefficient (Wildman–Crippen LogP) is 4.64. The van der Waals surface area contributed by atoms with E-state index < -0.39 is 66.7 Å². The molecule has 8 nitrogen and oxygen atoms in total. The lowest BCUT2D eigenvalue weighted by molar-refractivity contribution is -0.137. The molecule has 2 N–H and O–H groups in total. The van der Waals surface area contributed by atoms with Gasteiger partial charge in [0.1, 0.15) is 12.6 Å². The minimum atomic E-state index is -4.91. The standard InChI is InChI=1S/C25H26ClF5N4O4S/c26-20-7-6-19(40-20)24(38)32-11-18(35(12-21(27)28)14-2-1-3-14)23(37)33-17-5-4-15(10-16(17)25(29,30)31)34-8-9-39-13-22(34)36/h4-7,10,14,18,21H,1-3,8-9,11-13H2,(H,32,38)(H,33,37)/t18-/m0/s1. The van der Waals surface area contributed by atoms with Gasteiger partial charge in [-0.25, -0.2) is 8.78 Å². The quantitative estimate of drug-likeness (QED) is 0.384. The summed E-state index contributed by atoms with van der Waals surface area (Å²) in [6.07, 6.45) is -5.92. The molecule has 1 atom stereocenters. The molecular weight excluding hydrogens is 583 g/mol. The Labute approximate surface area is 235 Å². The number of nitrogens with one attached hydrogen (secondary N) is 2. The van der Waals surface area contributed by atoms with Crippen LogP contribution in [0.25, 0.3) is 0 Å². The summed E-state index contributed by atoms with van der Waals surface area (Å²) in [6, 6.07) is 4.19. The van der Waals surface area contributed by atoms with Gasteiger partial charge in [-0.05, 0) is 43.2 Å². The number of halogens is 6. The van der Waals surface area contributed by atoms with Crippen molar-refractivity contribution in [2.24, 2.45) is 0 Å². The molecule has 15 heteroatoms. The molecule has 3 amide bonds. The van der Waals surface area contributed by atoms with E-state index in [-0.39, 0.29) is 30.3 Å². The first-order valence-corrected chi connectivity index (χ1v) is 13.6. The van der Waals surface area contributed by atoms with Gasteiger partial charge in [0.15, 0.2) is 0 Å². The second-order valence-corrected chi connectivity index (χ2v) is 11.0. The van der Waals surface area contributed by atoms with Gasteiger partial charge in [-0.3, -0.25) is 19.3 Å². The first kappa shape index (κ1) is 30.2. The van der Waals surface area contributed by atoms with E-state index in [1.165, 1.54) is 23.1 Å². The summed E-state index contributed by atoms with van der Waals surface area (Å²) in [7, 11) is 0. The highest BCUT2D eigenvalue weighted by Crippen LogP contribution is 2.38. The van der Waals surface area contributed by atoms with Crippen molar-refractivity contribution >= 4 is 52.0 Å². The first-order chi connectivity index (χ1) is 18.9. The lowest BCUT2D eigenvalue weighted by atomic mass is 9.90. The molecule has 1 aromatic carbocycles. The Morgan fingerprint density at radius 3 is 2.52 bits per heavy atom. The van der Waals surface area contributed by atoms with Crippen LogP contribution >= 0.6 is 22.9 Å². The van der Waals surface area contributed by atoms with Crippen molar-refractivity contribution in [2.75, 3.05) is 43.1 Å². The molecule has 1 aromatic heterocycles. The van der Waals surface area contributed by atoms with Crippen LogP contribution in [-0.2, 0) is 20.5 Å². The molecule has 1 saturated heterocycles. The van der Waals surface area contributed by atoms with E-state index >= 15 is 0 Å². The van der Waals surface area contributed by atoms with E-state index in [0.717, 1.165) is 34.8 Å². The molecule has 2 aliphatic rings. The Bertz CT molecular complexity index is 1240. The number of nitrogens with zero attached hydrogens (tertiary/aromatic N) is 2. The highest BCUT2D eigenvalue weighted by atomic mass is 35.5. The largest absolute Gasteiger partial charge is 0.418 e. The van der Waals surface area contributed by atoms with Crippen molar-refractivity contribution in [3.05, 3.63) is 45.1 Å². The Hall–Kier alpha value is -2.81. The number of hydrogen-bond donors (Lipinski definition) is 2. The Balaban J connectivity index is 1.60. The summed E-state index contributed by atoms with van der Waals surface area (Å²) >= 11 is 6.84. The zero-order valence-corrected chi connectivity index (χ0v) is 22.6. The van der Waals surface area contributed by atoms with Gasteiger partial charge in [0.25, 0.3) is 18.2 Å². The molecule has 4 rings (SSSR count). The third-order valence-corrected chi connectivity index (χ3v) is 7.94. The summed E-state index contributed by atoms with van der Waals surface area (Å²) in [5, 5.41) is 4.76. The number of thiophene rings is 1. The number of ether oxygens (including phenoxy) is 1. The Kier molecular flexibility index (Phi) is 9.64. The maximum atomic E-state index is 14.1. The number of benzene rings is 1. The topological polar surface area (TPSA) is 91.0 Å². The SMILES string of the molecule is O=C(NC[C@@H](C(=O)Nc1ccc(N2CCOCC2=O)cc1C(F)(F)F)N(CC(F)F)C1CCC1)c1ccc(Cl)s1. The number of rotatable bonds is 10. The van der Waals surface area contributed by atoms with Crippen molar-refractivity contribution < 1.29 is 41.1 Å². The normalized spacial score (nSPS) is 17.2. The molecule has 1 aliphatic carbocycles. The van der Waals surface area contributed by atoms with Crippen LogP contribution < -0.4 is 15.5 Å². The number of alkyl halides is 5. The number of anilines is 2. The molecule has 218 valence electrons. The smallest absolute Gasteiger partial charge is 0.370 e. The van der Waals surface area contributed by atoms with Crippen molar-refractivity contribution in [3.63, 3.8) is 0 Å². The minimum Gasteiger partial charge on any atom is -0.370 e. The lowest BCUT2D eigenvalue weighted by Crippen LogP contribution is -2.57. The van der Waals surface area contributed by atoms with E-state index in [4.69, 9.17) is 16.3 Å². The van der Waals surface area contributed by atoms with E-state index in [1.807, 2.05) is 0 Å². The summed E-state index contributed by atoms with van der Waals surface area (Å²) in [5.41, 5.74) is -1.84. The summed E-state index contributed by atoms with van der Waals surface area (Å²) in [6.45, 7) is -1.29. The average Bonchev–Trinajstić information content (AvgIpc) is 3.29. The fraction of sp³-hybridized carbons (Fsp3) is 0.480. The van der Waals surface area contributed by atoms with Crippen LogP contribution in [0.1, 0.15) is 34.5 Å². The van der Waals surface area contributed by atoms with Crippen molar-refractivity contribution in [1.29, 1.82) is 0 Å². The molecule has 1 saturated carbocycles. The molecule has 1 aliphatic heterocycles. The van der Waals surface area contributed by atoms with Gasteiger partial charge in [0.05, 0.1) is 33.6 Å². The predicted molar refractivity (Wildman–Crippen MR) is 139 cm³/mol. The van der Waals surface area contributed by atoms with Gasteiger partial charge < -0.3 is 20.3 Å². The summed E-state index contributed by atoms with van der Waals surface area (Å²) in [5.74, 6) is -2.10. The highest BCUT2D eigenvalue weighted by molar-refractivity contribution is 7.18. The molecule has 2 heterocycles. The second kappa shape index (κ2) is 12.8. The van der Waals surface area contributed by atoms with Crippen molar-refractivity contribution in [1.82, 2.24) is 10.2 Å². The molecule has 2 fully saturated rings. The number of hydrogen-bond acceptors (Lipinski definition) is 6. The summed E-state index contributed by atoms with van der Waals surface area (Å²) < 4.78 is 74.6. The van der Waals surface area contributed by atoms with Crippen LogP contribution in [0.5, 0.6) is 0 Å². The molecule has 0 spiro atoms. The Morgan fingerprint density at radius 1 is 1.20 bits per heavy atom. The van der Waals surface area contributed by atoms with Gasteiger partial charge in [0, 0.05) is 24.8 Å². The fourth-order valence-electron chi connectivity index (χ4n) is 4.53. The summed E-state index contributed by atoms with van der Waals surface area (Å²) in [4.78, 5) is 40.8. The number of morpholine rings is 1. The minimum absolute atomic E-state index is 0.0224. The molecule has 40 heavy (non-hydrogen) atoms. The zero-order chi connectivity index (χ0) is 29.0. The van der Waals surface area contributed by atoms with Gasteiger partial charge in [-0.15, -0.1) is 11.3 Å². The molecule has 0 radical (unpaired) electrons. The van der Waals surface area contributed by atoms with E-state index in [9.17, 15) is 36.3 Å². The monoisotopic (exact) mass is 608 g/mol. The average molecular weight is 609 g/mol. The lowest BCUT2D eigenvalue weighted by Gasteiger charge is -2.41. The Morgan fingerprint density at radius 2 is 1.95 bits per heavy atom. The first-order valence-electron chi connectivity index (χ1n) is 12.4. The van der Waals surface area contributed by atoms with Gasteiger partial charge in [0.2, 0.25) is 5.91 Å².